The van der Waals surface area contributed by atoms with Gasteiger partial charge in [-0.15, -0.1) is 0 Å². The summed E-state index contributed by atoms with van der Waals surface area (Å²) in [7, 11) is 1.52. The van der Waals surface area contributed by atoms with Gasteiger partial charge in [0.15, 0.2) is 11.5 Å². The molecule has 6 nitrogen and oxygen atoms in total. The number of unbranched alkanes of at least 4 members (excludes halogenated alkanes) is 1. The Morgan fingerprint density at radius 3 is 2.59 bits per heavy atom. The smallest absolute Gasteiger partial charge is 0.266 e. The van der Waals surface area contributed by atoms with E-state index in [0.717, 1.165) is 12.8 Å². The topological polar surface area (TPSA) is 80.6 Å². The van der Waals surface area contributed by atoms with E-state index in [2.05, 4.69) is 12.2 Å². The second-order valence-corrected chi connectivity index (χ2v) is 6.17. The van der Waals surface area contributed by atoms with E-state index in [-0.39, 0.29) is 5.57 Å². The second kappa shape index (κ2) is 11.4. The van der Waals surface area contributed by atoms with Gasteiger partial charge >= 0.3 is 0 Å². The molecule has 0 fully saturated rings. The number of ether oxygens (including phenoxy) is 3. The molecule has 0 aliphatic rings. The molecule has 1 amide bonds. The highest BCUT2D eigenvalue weighted by molar-refractivity contribution is 6.10. The van der Waals surface area contributed by atoms with Crippen LogP contribution in [0.3, 0.4) is 0 Å². The quantitative estimate of drug-likeness (QED) is 0.355. The number of rotatable bonds is 10. The summed E-state index contributed by atoms with van der Waals surface area (Å²) in [5.74, 6) is 1.23. The zero-order valence-corrected chi connectivity index (χ0v) is 17.0. The molecule has 29 heavy (non-hydrogen) atoms. The average molecular weight is 394 g/mol. The van der Waals surface area contributed by atoms with Crippen LogP contribution in [-0.2, 0) is 4.79 Å². The van der Waals surface area contributed by atoms with E-state index in [1.54, 1.807) is 42.5 Å². The number of hydrogen-bond donors (Lipinski definition) is 1. The normalized spacial score (nSPS) is 10.8. The SMILES string of the molecule is CCCCOc1ccc(/C=C(\C#N)C(=O)Nc2ccccc2OC)cc1OCC. The number of methoxy groups -OCH3 is 1. The highest BCUT2D eigenvalue weighted by atomic mass is 16.5. The first-order valence-electron chi connectivity index (χ1n) is 9.58. The molecule has 0 atom stereocenters. The molecule has 0 aliphatic heterocycles. The van der Waals surface area contributed by atoms with Gasteiger partial charge in [-0.1, -0.05) is 31.5 Å². The van der Waals surface area contributed by atoms with E-state index >= 15 is 0 Å². The number of hydrogen-bond acceptors (Lipinski definition) is 5. The lowest BCUT2D eigenvalue weighted by Crippen LogP contribution is -2.14. The Hall–Kier alpha value is -3.46. The van der Waals surface area contributed by atoms with Crippen LogP contribution in [0, 0.1) is 11.3 Å². The standard InChI is InChI=1S/C23H26N2O4/c1-4-6-13-29-21-12-11-17(15-22(21)28-5-2)14-18(16-24)23(26)25-19-9-7-8-10-20(19)27-3/h7-12,14-15H,4-6,13H2,1-3H3,(H,25,26)/b18-14+. The molecule has 0 spiro atoms. The Kier molecular flexibility index (Phi) is 8.58. The summed E-state index contributed by atoms with van der Waals surface area (Å²) in [5.41, 5.74) is 1.14. The maximum Gasteiger partial charge on any atom is 0.266 e. The van der Waals surface area contributed by atoms with Crippen molar-refractivity contribution in [3.05, 3.63) is 53.6 Å². The fraction of sp³-hybridized carbons (Fsp3) is 0.304. The van der Waals surface area contributed by atoms with Gasteiger partial charge in [0.1, 0.15) is 17.4 Å². The molecule has 0 aromatic heterocycles. The fourth-order valence-electron chi connectivity index (χ4n) is 2.58. The van der Waals surface area contributed by atoms with Gasteiger partial charge in [-0.25, -0.2) is 0 Å². The van der Waals surface area contributed by atoms with Crippen molar-refractivity contribution in [2.75, 3.05) is 25.6 Å². The molecule has 0 radical (unpaired) electrons. The Morgan fingerprint density at radius 1 is 1.10 bits per heavy atom. The Bertz CT molecular complexity index is 900. The highest BCUT2D eigenvalue weighted by Crippen LogP contribution is 2.30. The first-order chi connectivity index (χ1) is 14.1. The van der Waals surface area contributed by atoms with Crippen molar-refractivity contribution < 1.29 is 19.0 Å². The molecule has 0 unspecified atom stereocenters. The summed E-state index contributed by atoms with van der Waals surface area (Å²) in [6.45, 7) is 5.08. The zero-order valence-electron chi connectivity index (χ0n) is 17.0. The summed E-state index contributed by atoms with van der Waals surface area (Å²) in [6, 6.07) is 14.3. The molecule has 6 heteroatoms. The van der Waals surface area contributed by atoms with Crippen molar-refractivity contribution in [2.45, 2.75) is 26.7 Å². The summed E-state index contributed by atoms with van der Waals surface area (Å²) in [4.78, 5) is 12.6. The van der Waals surface area contributed by atoms with E-state index in [1.807, 2.05) is 13.0 Å². The minimum Gasteiger partial charge on any atom is -0.495 e. The van der Waals surface area contributed by atoms with Crippen LogP contribution in [0.15, 0.2) is 48.0 Å². The number of nitrogens with one attached hydrogen (secondary N) is 1. The number of benzene rings is 2. The van der Waals surface area contributed by atoms with Gasteiger partial charge in [0.2, 0.25) is 0 Å². The first kappa shape index (κ1) is 21.8. The van der Waals surface area contributed by atoms with Crippen LogP contribution in [0.25, 0.3) is 6.08 Å². The third-order valence-electron chi connectivity index (χ3n) is 4.05. The molecule has 0 saturated heterocycles. The van der Waals surface area contributed by atoms with Crippen LogP contribution in [0.1, 0.15) is 32.3 Å². The van der Waals surface area contributed by atoms with Crippen LogP contribution in [0.4, 0.5) is 5.69 Å². The van der Waals surface area contributed by atoms with Gasteiger partial charge in [0, 0.05) is 0 Å². The summed E-state index contributed by atoms with van der Waals surface area (Å²) >= 11 is 0. The van der Waals surface area contributed by atoms with Crippen LogP contribution in [-0.4, -0.2) is 26.2 Å². The van der Waals surface area contributed by atoms with E-state index in [4.69, 9.17) is 14.2 Å². The van der Waals surface area contributed by atoms with Gasteiger partial charge in [-0.05, 0) is 49.2 Å². The monoisotopic (exact) mass is 394 g/mol. The summed E-state index contributed by atoms with van der Waals surface area (Å²) < 4.78 is 16.6. The minimum atomic E-state index is -0.516. The molecule has 2 rings (SSSR count). The number of carbonyl (C=O) groups excluding carboxylic acids is 1. The van der Waals surface area contributed by atoms with E-state index in [9.17, 15) is 10.1 Å². The van der Waals surface area contributed by atoms with Gasteiger partial charge in [0.25, 0.3) is 5.91 Å². The maximum absolute atomic E-state index is 12.6. The van der Waals surface area contributed by atoms with Crippen molar-refractivity contribution >= 4 is 17.7 Å². The molecule has 2 aromatic rings. The van der Waals surface area contributed by atoms with Crippen LogP contribution in [0.2, 0.25) is 0 Å². The number of anilines is 1. The number of amides is 1. The highest BCUT2D eigenvalue weighted by Gasteiger charge is 2.13. The van der Waals surface area contributed by atoms with Gasteiger partial charge in [0.05, 0.1) is 26.0 Å². The predicted octanol–water partition coefficient (Wildman–Crippen LogP) is 4.82. The number of nitriles is 1. The van der Waals surface area contributed by atoms with Crippen molar-refractivity contribution in [1.29, 1.82) is 5.26 Å². The average Bonchev–Trinajstić information content (AvgIpc) is 2.74. The van der Waals surface area contributed by atoms with E-state index in [1.165, 1.54) is 13.2 Å². The number of para-hydroxylation sites is 2. The van der Waals surface area contributed by atoms with Crippen LogP contribution < -0.4 is 19.5 Å². The molecule has 152 valence electrons. The molecular weight excluding hydrogens is 368 g/mol. The molecule has 2 aromatic carbocycles. The van der Waals surface area contributed by atoms with Gasteiger partial charge in [-0.3, -0.25) is 4.79 Å². The predicted molar refractivity (Wildman–Crippen MR) is 113 cm³/mol. The van der Waals surface area contributed by atoms with Crippen molar-refractivity contribution in [3.63, 3.8) is 0 Å². The maximum atomic E-state index is 12.6. The molecule has 1 N–H and O–H groups in total. The second-order valence-electron chi connectivity index (χ2n) is 6.17. The van der Waals surface area contributed by atoms with Crippen molar-refractivity contribution in [1.82, 2.24) is 0 Å². The molecule has 0 saturated carbocycles. The zero-order chi connectivity index (χ0) is 21.1. The lowest BCUT2D eigenvalue weighted by Gasteiger charge is -2.12. The third-order valence-corrected chi connectivity index (χ3v) is 4.05. The molecule has 0 aliphatic carbocycles. The summed E-state index contributed by atoms with van der Waals surface area (Å²) in [6.07, 6.45) is 3.51. The number of carbonyl (C=O) groups is 1. The number of nitrogens with zero attached hydrogens (tertiary/aromatic N) is 1. The largest absolute Gasteiger partial charge is 0.495 e. The van der Waals surface area contributed by atoms with Gasteiger partial charge in [-0.2, -0.15) is 5.26 Å². The molecule has 0 bridgehead atoms. The van der Waals surface area contributed by atoms with Crippen LogP contribution >= 0.6 is 0 Å². The van der Waals surface area contributed by atoms with Crippen molar-refractivity contribution in [2.24, 2.45) is 0 Å². The molecule has 0 heterocycles. The third kappa shape index (κ3) is 6.28. The fourth-order valence-corrected chi connectivity index (χ4v) is 2.58. The minimum absolute atomic E-state index is 0.0296. The van der Waals surface area contributed by atoms with Gasteiger partial charge < -0.3 is 19.5 Å². The summed E-state index contributed by atoms with van der Waals surface area (Å²) in [5, 5.41) is 12.2. The lowest BCUT2D eigenvalue weighted by atomic mass is 10.1. The first-order valence-corrected chi connectivity index (χ1v) is 9.58. The Labute approximate surface area is 171 Å². The van der Waals surface area contributed by atoms with E-state index in [0.29, 0.717) is 41.7 Å². The van der Waals surface area contributed by atoms with Crippen LogP contribution in [0.5, 0.6) is 17.2 Å². The van der Waals surface area contributed by atoms with Crippen molar-refractivity contribution in [3.8, 4) is 23.3 Å². The van der Waals surface area contributed by atoms with E-state index < -0.39 is 5.91 Å². The molecular formula is C23H26N2O4. The Morgan fingerprint density at radius 2 is 1.90 bits per heavy atom. The lowest BCUT2D eigenvalue weighted by molar-refractivity contribution is -0.112. The Balaban J connectivity index is 2.23.